The van der Waals surface area contributed by atoms with Crippen molar-refractivity contribution in [1.82, 2.24) is 5.32 Å². The first-order valence-electron chi connectivity index (χ1n) is 7.40. The van der Waals surface area contributed by atoms with E-state index in [1.807, 2.05) is 0 Å². The summed E-state index contributed by atoms with van der Waals surface area (Å²) >= 11 is 5.99. The molecule has 7 heteroatoms. The molecule has 1 fully saturated rings. The van der Waals surface area contributed by atoms with E-state index in [1.165, 1.54) is 0 Å². The van der Waals surface area contributed by atoms with Crippen LogP contribution in [-0.2, 0) is 14.3 Å². The van der Waals surface area contributed by atoms with E-state index in [0.29, 0.717) is 36.8 Å². The lowest BCUT2D eigenvalue weighted by Gasteiger charge is -2.33. The number of carboxylic acids is 1. The van der Waals surface area contributed by atoms with Crippen LogP contribution in [0.1, 0.15) is 18.4 Å². The molecule has 0 spiro atoms. The van der Waals surface area contributed by atoms with Gasteiger partial charge in [-0.3, -0.25) is 9.59 Å². The molecule has 1 aliphatic rings. The van der Waals surface area contributed by atoms with Crippen molar-refractivity contribution in [1.29, 1.82) is 0 Å². The Labute approximate surface area is 139 Å². The van der Waals surface area contributed by atoms with Crippen LogP contribution in [-0.4, -0.2) is 43.3 Å². The second-order valence-corrected chi connectivity index (χ2v) is 6.03. The lowest BCUT2D eigenvalue weighted by molar-refractivity contribution is -0.154. The number of carbonyl (C=O) groups excluding carboxylic acids is 1. The third-order valence-corrected chi connectivity index (χ3v) is 4.51. The monoisotopic (exact) mass is 341 g/mol. The van der Waals surface area contributed by atoms with Crippen molar-refractivity contribution in [2.45, 2.75) is 19.8 Å². The molecular weight excluding hydrogens is 322 g/mol. The number of carboxylic acid groups (broad SMARTS) is 1. The van der Waals surface area contributed by atoms with Gasteiger partial charge in [0.05, 0.1) is 5.41 Å². The van der Waals surface area contributed by atoms with Gasteiger partial charge < -0.3 is 19.9 Å². The zero-order chi connectivity index (χ0) is 16.9. The number of amides is 1. The van der Waals surface area contributed by atoms with Gasteiger partial charge in [-0.1, -0.05) is 17.7 Å². The van der Waals surface area contributed by atoms with Crippen LogP contribution >= 0.6 is 11.6 Å². The summed E-state index contributed by atoms with van der Waals surface area (Å²) in [6, 6.07) is 5.21. The topological polar surface area (TPSA) is 84.9 Å². The minimum absolute atomic E-state index is 0.0718. The average molecular weight is 342 g/mol. The second kappa shape index (κ2) is 7.66. The predicted octanol–water partition coefficient (Wildman–Crippen LogP) is 2.02. The number of benzene rings is 1. The van der Waals surface area contributed by atoms with Crippen molar-refractivity contribution in [2.75, 3.05) is 26.4 Å². The fourth-order valence-corrected chi connectivity index (χ4v) is 2.60. The first kappa shape index (κ1) is 17.6. The number of halogens is 1. The molecule has 0 bridgehead atoms. The molecule has 2 rings (SSSR count). The van der Waals surface area contributed by atoms with Crippen molar-refractivity contribution in [3.8, 4) is 5.75 Å². The van der Waals surface area contributed by atoms with Crippen LogP contribution in [0.15, 0.2) is 18.2 Å². The molecule has 1 amide bonds. The molecule has 1 aromatic rings. The minimum atomic E-state index is -0.958. The number of hydrogen-bond acceptors (Lipinski definition) is 4. The van der Waals surface area contributed by atoms with Gasteiger partial charge in [-0.25, -0.2) is 0 Å². The van der Waals surface area contributed by atoms with Gasteiger partial charge in [-0.15, -0.1) is 0 Å². The Bertz CT molecular complexity index is 584. The number of nitrogens with one attached hydrogen (secondary N) is 1. The lowest BCUT2D eigenvalue weighted by atomic mass is 9.80. The first-order chi connectivity index (χ1) is 10.9. The largest absolute Gasteiger partial charge is 0.483 e. The summed E-state index contributed by atoms with van der Waals surface area (Å²) < 4.78 is 10.6. The van der Waals surface area contributed by atoms with Crippen LogP contribution in [0.4, 0.5) is 0 Å². The number of aliphatic carboxylic acids is 1. The van der Waals surface area contributed by atoms with Crippen molar-refractivity contribution >= 4 is 23.5 Å². The van der Waals surface area contributed by atoms with Crippen LogP contribution in [0.5, 0.6) is 5.75 Å². The van der Waals surface area contributed by atoms with E-state index < -0.39 is 11.4 Å². The molecule has 0 saturated carbocycles. The fourth-order valence-electron chi connectivity index (χ4n) is 2.43. The van der Waals surface area contributed by atoms with E-state index in [-0.39, 0.29) is 19.1 Å². The maximum absolute atomic E-state index is 11.9. The van der Waals surface area contributed by atoms with Crippen molar-refractivity contribution < 1.29 is 24.2 Å². The third-order valence-electron chi connectivity index (χ3n) is 4.10. The van der Waals surface area contributed by atoms with Crippen molar-refractivity contribution in [2.24, 2.45) is 5.41 Å². The normalized spacial score (nSPS) is 16.6. The van der Waals surface area contributed by atoms with Gasteiger partial charge in [0, 0.05) is 30.3 Å². The van der Waals surface area contributed by atoms with Gasteiger partial charge in [0.15, 0.2) is 6.61 Å². The average Bonchev–Trinajstić information content (AvgIpc) is 2.55. The summed E-state index contributed by atoms with van der Waals surface area (Å²) in [6.07, 6.45) is 0.772. The third kappa shape index (κ3) is 4.36. The SMILES string of the molecule is Cc1c(Cl)cccc1OCC(=O)NCC1(C(=O)O)CCOCC1. The quantitative estimate of drug-likeness (QED) is 0.827. The minimum Gasteiger partial charge on any atom is -0.483 e. The molecule has 2 N–H and O–H groups in total. The molecule has 6 nitrogen and oxygen atoms in total. The van der Waals surface area contributed by atoms with Gasteiger partial charge in [-0.05, 0) is 31.9 Å². The number of ether oxygens (including phenoxy) is 2. The highest BCUT2D eigenvalue weighted by Gasteiger charge is 2.40. The van der Waals surface area contributed by atoms with Crippen LogP contribution in [0, 0.1) is 12.3 Å². The maximum Gasteiger partial charge on any atom is 0.311 e. The van der Waals surface area contributed by atoms with E-state index in [4.69, 9.17) is 21.1 Å². The molecule has 0 aliphatic carbocycles. The highest BCUT2D eigenvalue weighted by Crippen LogP contribution is 2.30. The van der Waals surface area contributed by atoms with Crippen LogP contribution < -0.4 is 10.1 Å². The van der Waals surface area contributed by atoms with Gasteiger partial charge in [0.25, 0.3) is 5.91 Å². The Morgan fingerprint density at radius 2 is 2.09 bits per heavy atom. The van der Waals surface area contributed by atoms with E-state index >= 15 is 0 Å². The Hall–Kier alpha value is -1.79. The van der Waals surface area contributed by atoms with E-state index in [9.17, 15) is 14.7 Å². The van der Waals surface area contributed by atoms with Crippen molar-refractivity contribution in [3.63, 3.8) is 0 Å². The molecule has 1 aromatic carbocycles. The molecule has 0 atom stereocenters. The van der Waals surface area contributed by atoms with Crippen LogP contribution in [0.2, 0.25) is 5.02 Å². The second-order valence-electron chi connectivity index (χ2n) is 5.63. The number of carbonyl (C=O) groups is 2. The Kier molecular flexibility index (Phi) is 5.85. The molecule has 0 radical (unpaired) electrons. The Morgan fingerprint density at radius 3 is 2.74 bits per heavy atom. The summed E-state index contributed by atoms with van der Waals surface area (Å²) in [5.41, 5.74) is -0.201. The van der Waals surface area contributed by atoms with E-state index in [1.54, 1.807) is 25.1 Å². The summed E-state index contributed by atoms with van der Waals surface area (Å²) in [4.78, 5) is 23.4. The lowest BCUT2D eigenvalue weighted by Crippen LogP contribution is -2.47. The Balaban J connectivity index is 1.87. The highest BCUT2D eigenvalue weighted by molar-refractivity contribution is 6.31. The maximum atomic E-state index is 11.9. The summed E-state index contributed by atoms with van der Waals surface area (Å²) in [7, 11) is 0. The zero-order valence-corrected chi connectivity index (χ0v) is 13.7. The van der Waals surface area contributed by atoms with Crippen LogP contribution in [0.3, 0.4) is 0 Å². The number of hydrogen-bond donors (Lipinski definition) is 2. The van der Waals surface area contributed by atoms with Gasteiger partial charge in [-0.2, -0.15) is 0 Å². The van der Waals surface area contributed by atoms with Gasteiger partial charge >= 0.3 is 5.97 Å². The first-order valence-corrected chi connectivity index (χ1v) is 7.78. The van der Waals surface area contributed by atoms with Crippen molar-refractivity contribution in [3.05, 3.63) is 28.8 Å². The summed E-state index contributed by atoms with van der Waals surface area (Å²) in [6.45, 7) is 2.47. The molecule has 126 valence electrons. The zero-order valence-electron chi connectivity index (χ0n) is 12.9. The molecule has 1 aliphatic heterocycles. The summed E-state index contributed by atoms with van der Waals surface area (Å²) in [5, 5.41) is 12.6. The molecule has 1 saturated heterocycles. The summed E-state index contributed by atoms with van der Waals surface area (Å²) in [5.74, 6) is -0.740. The fraction of sp³-hybridized carbons (Fsp3) is 0.500. The Morgan fingerprint density at radius 1 is 1.39 bits per heavy atom. The van der Waals surface area contributed by atoms with Gasteiger partial charge in [0.1, 0.15) is 5.75 Å². The molecule has 0 aromatic heterocycles. The number of rotatable bonds is 6. The molecule has 1 heterocycles. The van der Waals surface area contributed by atoms with E-state index in [0.717, 1.165) is 5.56 Å². The predicted molar refractivity (Wildman–Crippen MR) is 84.8 cm³/mol. The highest BCUT2D eigenvalue weighted by atomic mass is 35.5. The molecular formula is C16H20ClNO5. The van der Waals surface area contributed by atoms with Crippen LogP contribution in [0.25, 0.3) is 0 Å². The standard InChI is InChI=1S/C16H20ClNO5/c1-11-12(17)3-2-4-13(11)23-9-14(19)18-10-16(15(20)21)5-7-22-8-6-16/h2-4H,5-10H2,1H3,(H,18,19)(H,20,21). The molecule has 23 heavy (non-hydrogen) atoms. The van der Waals surface area contributed by atoms with E-state index in [2.05, 4.69) is 5.32 Å². The van der Waals surface area contributed by atoms with Gasteiger partial charge in [0.2, 0.25) is 0 Å². The molecule has 0 unspecified atom stereocenters. The smallest absolute Gasteiger partial charge is 0.311 e.